The number of aliphatic imine (C=N–C) groups is 1. The minimum absolute atomic E-state index is 0.143. The lowest BCUT2D eigenvalue weighted by Gasteiger charge is -2.02. The van der Waals surface area contributed by atoms with Crippen molar-refractivity contribution in [2.24, 2.45) is 4.99 Å². The summed E-state index contributed by atoms with van der Waals surface area (Å²) < 4.78 is 0. The van der Waals surface area contributed by atoms with Gasteiger partial charge in [-0.05, 0) is 55.2 Å². The molecule has 0 saturated heterocycles. The molecule has 4 heteroatoms. The number of carbonyl (C=O) groups is 1. The molecule has 1 heterocycles. The molecule has 3 rings (SSSR count). The van der Waals surface area contributed by atoms with E-state index in [1.165, 1.54) is 5.56 Å². The van der Waals surface area contributed by atoms with Crippen LogP contribution in [0.3, 0.4) is 0 Å². The number of hydrogen-bond donors (Lipinski definition) is 1. The molecule has 0 spiro atoms. The highest BCUT2D eigenvalue weighted by atomic mass is 35.5. The Kier molecular flexibility index (Phi) is 4.81. The molecule has 0 bridgehead atoms. The van der Waals surface area contributed by atoms with E-state index in [9.17, 15) is 4.79 Å². The predicted octanol–water partition coefficient (Wildman–Crippen LogP) is 4.46. The zero-order chi connectivity index (χ0) is 17.1. The van der Waals surface area contributed by atoms with Crippen LogP contribution in [0.5, 0.6) is 0 Å². The average Bonchev–Trinajstić information content (AvgIpc) is 2.88. The van der Waals surface area contributed by atoms with Gasteiger partial charge in [0.05, 0.1) is 0 Å². The minimum Gasteiger partial charge on any atom is -0.309 e. The summed E-state index contributed by atoms with van der Waals surface area (Å²) in [5.74, 6) is 0.562. The third-order valence-electron chi connectivity index (χ3n) is 4.00. The van der Waals surface area contributed by atoms with E-state index in [1.54, 1.807) is 0 Å². The Morgan fingerprint density at radius 2 is 1.96 bits per heavy atom. The molecule has 24 heavy (non-hydrogen) atoms. The van der Waals surface area contributed by atoms with Gasteiger partial charge in [-0.2, -0.15) is 0 Å². The highest BCUT2D eigenvalue weighted by Gasteiger charge is 2.19. The maximum Gasteiger partial charge on any atom is 0.275 e. The first kappa shape index (κ1) is 16.5. The lowest BCUT2D eigenvalue weighted by atomic mass is 10.0. The molecule has 1 aliphatic heterocycles. The molecule has 122 valence electrons. The van der Waals surface area contributed by atoms with Crippen molar-refractivity contribution in [2.45, 2.75) is 26.7 Å². The fourth-order valence-corrected chi connectivity index (χ4v) is 2.94. The van der Waals surface area contributed by atoms with Crippen LogP contribution in [-0.4, -0.2) is 11.7 Å². The molecule has 0 saturated carbocycles. The first-order valence-electron chi connectivity index (χ1n) is 7.93. The number of hydrogen-bond acceptors (Lipinski definition) is 2. The molecule has 0 unspecified atom stereocenters. The van der Waals surface area contributed by atoms with Crippen molar-refractivity contribution in [1.29, 1.82) is 0 Å². The van der Waals surface area contributed by atoms with Crippen LogP contribution in [-0.2, 0) is 11.2 Å². The van der Waals surface area contributed by atoms with Crippen molar-refractivity contribution in [3.05, 3.63) is 75.4 Å². The van der Waals surface area contributed by atoms with Crippen LogP contribution in [0.15, 0.2) is 53.2 Å². The van der Waals surface area contributed by atoms with Crippen molar-refractivity contribution in [3.8, 4) is 0 Å². The summed E-state index contributed by atoms with van der Waals surface area (Å²) >= 11 is 5.99. The number of nitrogens with one attached hydrogen (secondary N) is 1. The van der Waals surface area contributed by atoms with E-state index in [1.807, 2.05) is 49.4 Å². The van der Waals surface area contributed by atoms with Crippen LogP contribution < -0.4 is 5.32 Å². The fraction of sp³-hybridized carbons (Fsp3) is 0.200. The average molecular weight is 339 g/mol. The third kappa shape index (κ3) is 3.92. The second kappa shape index (κ2) is 7.02. The zero-order valence-electron chi connectivity index (χ0n) is 13.8. The Balaban J connectivity index is 1.74. The molecule has 1 amide bonds. The summed E-state index contributed by atoms with van der Waals surface area (Å²) in [5.41, 5.74) is 4.95. The minimum atomic E-state index is -0.143. The summed E-state index contributed by atoms with van der Waals surface area (Å²) in [5, 5.41) is 3.57. The molecular formula is C20H19ClN2O. The number of amides is 1. The predicted molar refractivity (Wildman–Crippen MR) is 99.2 cm³/mol. The topological polar surface area (TPSA) is 41.5 Å². The van der Waals surface area contributed by atoms with Gasteiger partial charge in [0.1, 0.15) is 11.5 Å². The Bertz CT molecular complexity index is 852. The number of aryl methyl sites for hydroxylation is 3. The molecule has 0 aromatic heterocycles. The second-order valence-corrected chi connectivity index (χ2v) is 6.47. The van der Waals surface area contributed by atoms with Crippen molar-refractivity contribution < 1.29 is 4.79 Å². The quantitative estimate of drug-likeness (QED) is 0.822. The van der Waals surface area contributed by atoms with Crippen LogP contribution in [0.2, 0.25) is 5.02 Å². The zero-order valence-corrected chi connectivity index (χ0v) is 14.5. The Labute approximate surface area is 147 Å². The Morgan fingerprint density at radius 3 is 2.71 bits per heavy atom. The van der Waals surface area contributed by atoms with E-state index in [0.29, 0.717) is 18.0 Å². The molecule has 0 fully saturated rings. The second-order valence-electron chi connectivity index (χ2n) is 6.03. The SMILES string of the molecule is Cc1ccc(/C=C2\N=C(CCc3cccc(Cl)c3)NC2=O)c(C)c1. The molecule has 1 aliphatic rings. The molecule has 0 atom stereocenters. The van der Waals surface area contributed by atoms with Crippen LogP contribution in [0.1, 0.15) is 28.7 Å². The smallest absolute Gasteiger partial charge is 0.275 e. The lowest BCUT2D eigenvalue weighted by Crippen LogP contribution is -2.24. The van der Waals surface area contributed by atoms with Crippen molar-refractivity contribution in [1.82, 2.24) is 5.32 Å². The van der Waals surface area contributed by atoms with Gasteiger partial charge in [-0.1, -0.05) is 47.5 Å². The first-order valence-corrected chi connectivity index (χ1v) is 8.31. The Hall–Kier alpha value is -2.39. The van der Waals surface area contributed by atoms with E-state index in [2.05, 4.69) is 23.3 Å². The summed E-state index contributed by atoms with van der Waals surface area (Å²) in [6.07, 6.45) is 3.31. The van der Waals surface area contributed by atoms with E-state index < -0.39 is 0 Å². The number of halogens is 1. The molecule has 2 aromatic rings. The van der Waals surface area contributed by atoms with Gasteiger partial charge < -0.3 is 5.32 Å². The fourth-order valence-electron chi connectivity index (χ4n) is 2.73. The van der Waals surface area contributed by atoms with Gasteiger partial charge >= 0.3 is 0 Å². The molecule has 0 radical (unpaired) electrons. The van der Waals surface area contributed by atoms with Gasteiger partial charge in [-0.15, -0.1) is 0 Å². The van der Waals surface area contributed by atoms with Gasteiger partial charge in [-0.3, -0.25) is 4.79 Å². The number of carbonyl (C=O) groups excluding carboxylic acids is 1. The number of amidine groups is 1. The monoisotopic (exact) mass is 338 g/mol. The van der Waals surface area contributed by atoms with Gasteiger partial charge in [-0.25, -0.2) is 4.99 Å². The Morgan fingerprint density at radius 1 is 1.12 bits per heavy atom. The molecular weight excluding hydrogens is 320 g/mol. The van der Waals surface area contributed by atoms with E-state index >= 15 is 0 Å². The van der Waals surface area contributed by atoms with E-state index in [-0.39, 0.29) is 5.91 Å². The highest BCUT2D eigenvalue weighted by molar-refractivity contribution is 6.30. The molecule has 3 nitrogen and oxygen atoms in total. The number of nitrogens with zero attached hydrogens (tertiary/aromatic N) is 1. The van der Waals surface area contributed by atoms with E-state index in [4.69, 9.17) is 11.6 Å². The number of benzene rings is 2. The third-order valence-corrected chi connectivity index (χ3v) is 4.24. The maximum atomic E-state index is 12.1. The largest absolute Gasteiger partial charge is 0.309 e. The van der Waals surface area contributed by atoms with Crippen molar-refractivity contribution >= 4 is 29.4 Å². The van der Waals surface area contributed by atoms with Crippen molar-refractivity contribution in [2.75, 3.05) is 0 Å². The normalized spacial score (nSPS) is 15.5. The van der Waals surface area contributed by atoms with Crippen LogP contribution in [0, 0.1) is 13.8 Å². The molecule has 1 N–H and O–H groups in total. The van der Waals surface area contributed by atoms with Crippen LogP contribution in [0.25, 0.3) is 6.08 Å². The summed E-state index contributed by atoms with van der Waals surface area (Å²) in [6, 6.07) is 13.9. The van der Waals surface area contributed by atoms with Crippen molar-refractivity contribution in [3.63, 3.8) is 0 Å². The summed E-state index contributed by atoms with van der Waals surface area (Å²) in [6.45, 7) is 4.09. The first-order chi connectivity index (χ1) is 11.5. The standard InChI is InChI=1S/C20H19ClN2O/c1-13-6-8-16(14(2)10-13)12-18-20(24)23-19(22-18)9-7-15-4-3-5-17(21)11-15/h3-6,8,10-12H,7,9H2,1-2H3,(H,22,23,24)/b18-12-. The maximum absolute atomic E-state index is 12.1. The van der Waals surface area contributed by atoms with Crippen LogP contribution >= 0.6 is 11.6 Å². The summed E-state index contributed by atoms with van der Waals surface area (Å²) in [4.78, 5) is 16.6. The van der Waals surface area contributed by atoms with E-state index in [0.717, 1.165) is 28.1 Å². The van der Waals surface area contributed by atoms with Gasteiger partial charge in [0.2, 0.25) is 0 Å². The molecule has 2 aromatic carbocycles. The van der Waals surface area contributed by atoms with Crippen LogP contribution in [0.4, 0.5) is 0 Å². The van der Waals surface area contributed by atoms with Gasteiger partial charge in [0, 0.05) is 11.4 Å². The highest BCUT2D eigenvalue weighted by Crippen LogP contribution is 2.18. The number of rotatable bonds is 4. The lowest BCUT2D eigenvalue weighted by molar-refractivity contribution is -0.115. The van der Waals surface area contributed by atoms with Gasteiger partial charge in [0.25, 0.3) is 5.91 Å². The summed E-state index contributed by atoms with van der Waals surface area (Å²) in [7, 11) is 0. The van der Waals surface area contributed by atoms with Gasteiger partial charge in [0.15, 0.2) is 0 Å². The molecule has 0 aliphatic carbocycles.